The summed E-state index contributed by atoms with van der Waals surface area (Å²) in [7, 11) is 3.49. The Labute approximate surface area is 183 Å². The average molecular weight is 498 g/mol. The van der Waals surface area contributed by atoms with Gasteiger partial charge in [0.05, 0.1) is 13.1 Å². The summed E-state index contributed by atoms with van der Waals surface area (Å²) in [4.78, 5) is 19.2. The topological polar surface area (TPSA) is 56.7 Å². The first kappa shape index (κ1) is 23.3. The molecule has 0 bridgehead atoms. The van der Waals surface area contributed by atoms with Crippen molar-refractivity contribution < 1.29 is 4.79 Å². The molecule has 0 aliphatic carbocycles. The Hall–Kier alpha value is -1.74. The minimum Gasteiger partial charge on any atom is -0.356 e. The number of thioether (sulfide) groups is 1. The number of aliphatic imine (C=N–C) groups is 1. The smallest absolute Gasteiger partial charge is 0.241 e. The van der Waals surface area contributed by atoms with Crippen LogP contribution in [0.3, 0.4) is 0 Å². The molecule has 0 saturated heterocycles. The number of nitrogens with one attached hydrogen (secondary N) is 2. The van der Waals surface area contributed by atoms with Crippen molar-refractivity contribution in [3.63, 3.8) is 0 Å². The molecule has 0 aromatic heterocycles. The number of halogens is 1. The molecule has 2 N–H and O–H groups in total. The first-order chi connectivity index (χ1) is 12.6. The summed E-state index contributed by atoms with van der Waals surface area (Å²) in [6, 6.07) is 20.4. The number of hydrogen-bond acceptors (Lipinski definition) is 3. The van der Waals surface area contributed by atoms with Gasteiger partial charge in [-0.1, -0.05) is 48.5 Å². The Morgan fingerprint density at radius 2 is 1.63 bits per heavy atom. The van der Waals surface area contributed by atoms with E-state index < -0.39 is 0 Å². The number of benzene rings is 2. The zero-order valence-corrected chi connectivity index (χ0v) is 18.9. The molecule has 0 fully saturated rings. The van der Waals surface area contributed by atoms with E-state index in [9.17, 15) is 4.79 Å². The van der Waals surface area contributed by atoms with Gasteiger partial charge in [0.25, 0.3) is 0 Å². The van der Waals surface area contributed by atoms with E-state index in [2.05, 4.69) is 27.8 Å². The number of likely N-dealkylation sites (N-methyl/N-ethyl adjacent to an activating group) is 1. The lowest BCUT2D eigenvalue weighted by atomic mass is 10.2. The average Bonchev–Trinajstić information content (AvgIpc) is 2.67. The molecule has 7 heteroatoms. The number of carbonyl (C=O) groups is 1. The van der Waals surface area contributed by atoms with Crippen molar-refractivity contribution in [1.29, 1.82) is 0 Å². The molecule has 0 saturated carbocycles. The quantitative estimate of drug-likeness (QED) is 0.193. The molecule has 2 rings (SSSR count). The first-order valence-electron chi connectivity index (χ1n) is 8.59. The van der Waals surface area contributed by atoms with E-state index in [1.54, 1.807) is 30.8 Å². The molecule has 5 nitrogen and oxygen atoms in total. The second-order valence-electron chi connectivity index (χ2n) is 5.88. The fourth-order valence-corrected chi connectivity index (χ4v) is 2.89. The minimum absolute atomic E-state index is 0. The Morgan fingerprint density at radius 3 is 2.26 bits per heavy atom. The van der Waals surface area contributed by atoms with Gasteiger partial charge in [-0.2, -0.15) is 0 Å². The molecule has 0 aliphatic rings. The molecule has 27 heavy (non-hydrogen) atoms. The van der Waals surface area contributed by atoms with Crippen LogP contribution in [0.25, 0.3) is 0 Å². The summed E-state index contributed by atoms with van der Waals surface area (Å²) in [5.41, 5.74) is 1.13. The first-order valence-corrected chi connectivity index (χ1v) is 9.58. The number of carbonyl (C=O) groups excluding carboxylic acids is 1. The molecule has 2 aromatic rings. The number of hydrogen-bond donors (Lipinski definition) is 2. The van der Waals surface area contributed by atoms with Crippen LogP contribution in [-0.2, 0) is 11.3 Å². The lowest BCUT2D eigenvalue weighted by Crippen LogP contribution is -2.43. The fraction of sp³-hybridized carbons (Fsp3) is 0.300. The molecule has 0 atom stereocenters. The SMILES string of the molecule is CN(C)C(=O)CNC(=NCc1ccccc1)NCCSc1ccccc1.I. The van der Waals surface area contributed by atoms with Crippen LogP contribution >= 0.6 is 35.7 Å². The van der Waals surface area contributed by atoms with Crippen molar-refractivity contribution >= 4 is 47.6 Å². The monoisotopic (exact) mass is 498 g/mol. The van der Waals surface area contributed by atoms with Crippen LogP contribution in [-0.4, -0.2) is 49.7 Å². The van der Waals surface area contributed by atoms with Gasteiger partial charge in [0.15, 0.2) is 5.96 Å². The Kier molecular flexibility index (Phi) is 11.6. The summed E-state index contributed by atoms with van der Waals surface area (Å²) in [6.07, 6.45) is 0. The Bertz CT molecular complexity index is 696. The van der Waals surface area contributed by atoms with Crippen molar-refractivity contribution in [2.24, 2.45) is 4.99 Å². The van der Waals surface area contributed by atoms with E-state index in [4.69, 9.17) is 0 Å². The molecule has 0 radical (unpaired) electrons. The van der Waals surface area contributed by atoms with Gasteiger partial charge in [0.1, 0.15) is 0 Å². The van der Waals surface area contributed by atoms with E-state index in [1.165, 1.54) is 4.90 Å². The van der Waals surface area contributed by atoms with Crippen LogP contribution in [0, 0.1) is 0 Å². The highest BCUT2D eigenvalue weighted by atomic mass is 127. The molecular weight excluding hydrogens is 471 g/mol. The van der Waals surface area contributed by atoms with Crippen LogP contribution in [0.5, 0.6) is 0 Å². The highest BCUT2D eigenvalue weighted by Gasteiger charge is 2.06. The molecule has 0 heterocycles. The van der Waals surface area contributed by atoms with Gasteiger partial charge in [-0.3, -0.25) is 4.79 Å². The van der Waals surface area contributed by atoms with Crippen molar-refractivity contribution in [3.05, 3.63) is 66.2 Å². The van der Waals surface area contributed by atoms with Crippen molar-refractivity contribution in [1.82, 2.24) is 15.5 Å². The molecule has 0 aliphatic heterocycles. The van der Waals surface area contributed by atoms with E-state index >= 15 is 0 Å². The fourth-order valence-electron chi connectivity index (χ4n) is 2.10. The van der Waals surface area contributed by atoms with Crippen LogP contribution in [0.2, 0.25) is 0 Å². The van der Waals surface area contributed by atoms with Gasteiger partial charge in [-0.05, 0) is 17.7 Å². The lowest BCUT2D eigenvalue weighted by molar-refractivity contribution is -0.127. The summed E-state index contributed by atoms with van der Waals surface area (Å²) in [5.74, 6) is 1.58. The lowest BCUT2D eigenvalue weighted by Gasteiger charge is -2.15. The van der Waals surface area contributed by atoms with E-state index in [0.29, 0.717) is 12.5 Å². The van der Waals surface area contributed by atoms with Crippen molar-refractivity contribution in [3.8, 4) is 0 Å². The predicted molar refractivity (Wildman–Crippen MR) is 125 cm³/mol. The summed E-state index contributed by atoms with van der Waals surface area (Å²) in [5, 5.41) is 6.41. The van der Waals surface area contributed by atoms with Crippen LogP contribution < -0.4 is 10.6 Å². The standard InChI is InChI=1S/C20H26N4OS.HI/c1-24(2)19(25)16-23-20(22-15-17-9-5-3-6-10-17)21-13-14-26-18-11-7-4-8-12-18;/h3-12H,13-16H2,1-2H3,(H2,21,22,23);1H. The summed E-state index contributed by atoms with van der Waals surface area (Å²) < 4.78 is 0. The third-order valence-electron chi connectivity index (χ3n) is 3.57. The van der Waals surface area contributed by atoms with Crippen LogP contribution in [0.1, 0.15) is 5.56 Å². The van der Waals surface area contributed by atoms with Gasteiger partial charge < -0.3 is 15.5 Å². The van der Waals surface area contributed by atoms with E-state index in [0.717, 1.165) is 17.9 Å². The largest absolute Gasteiger partial charge is 0.356 e. The van der Waals surface area contributed by atoms with Gasteiger partial charge in [0.2, 0.25) is 5.91 Å². The molecule has 146 valence electrons. The number of rotatable bonds is 8. The number of amides is 1. The van der Waals surface area contributed by atoms with E-state index in [1.807, 2.05) is 48.5 Å². The highest BCUT2D eigenvalue weighted by molar-refractivity contribution is 14.0. The maximum absolute atomic E-state index is 11.8. The normalized spacial score (nSPS) is 10.7. The minimum atomic E-state index is 0. The van der Waals surface area contributed by atoms with Crippen molar-refractivity contribution in [2.75, 3.05) is 32.9 Å². The number of nitrogens with zero attached hydrogens (tertiary/aromatic N) is 2. The molecule has 2 aromatic carbocycles. The van der Waals surface area contributed by atoms with Crippen molar-refractivity contribution in [2.45, 2.75) is 11.4 Å². The van der Waals surface area contributed by atoms with Crippen LogP contribution in [0.15, 0.2) is 70.6 Å². The van der Waals surface area contributed by atoms with E-state index in [-0.39, 0.29) is 36.4 Å². The maximum Gasteiger partial charge on any atom is 0.241 e. The third-order valence-corrected chi connectivity index (χ3v) is 4.59. The molecular formula is C20H27IN4OS. The molecule has 0 unspecified atom stereocenters. The zero-order valence-electron chi connectivity index (χ0n) is 15.7. The Morgan fingerprint density at radius 1 is 1.00 bits per heavy atom. The predicted octanol–water partition coefficient (Wildman–Crippen LogP) is 3.22. The molecule has 1 amide bonds. The Balaban J connectivity index is 0.00000364. The second kappa shape index (κ2) is 13.4. The third kappa shape index (κ3) is 9.67. The molecule has 0 spiro atoms. The maximum atomic E-state index is 11.8. The van der Waals surface area contributed by atoms with Crippen LogP contribution in [0.4, 0.5) is 0 Å². The number of guanidine groups is 1. The summed E-state index contributed by atoms with van der Waals surface area (Å²) in [6.45, 7) is 1.55. The summed E-state index contributed by atoms with van der Waals surface area (Å²) >= 11 is 1.79. The van der Waals surface area contributed by atoms with Gasteiger partial charge in [0, 0.05) is 31.3 Å². The second-order valence-corrected chi connectivity index (χ2v) is 7.05. The highest BCUT2D eigenvalue weighted by Crippen LogP contribution is 2.15. The van der Waals surface area contributed by atoms with Gasteiger partial charge in [-0.25, -0.2) is 4.99 Å². The van der Waals surface area contributed by atoms with Gasteiger partial charge >= 0.3 is 0 Å². The van der Waals surface area contributed by atoms with Gasteiger partial charge in [-0.15, -0.1) is 35.7 Å². The zero-order chi connectivity index (χ0) is 18.6.